The van der Waals surface area contributed by atoms with Crippen LogP contribution in [0.2, 0.25) is 0 Å². The minimum atomic E-state index is -0.0105. The molecule has 0 saturated carbocycles. The molecular weight excluding hydrogens is 344 g/mol. The van der Waals surface area contributed by atoms with Gasteiger partial charge in [0.25, 0.3) is 5.91 Å². The number of aromatic nitrogens is 3. The first-order valence-electron chi connectivity index (χ1n) is 9.33. The Kier molecular flexibility index (Phi) is 6.05. The fourth-order valence-electron chi connectivity index (χ4n) is 3.00. The first-order valence-corrected chi connectivity index (χ1v) is 9.33. The molecule has 3 heterocycles. The van der Waals surface area contributed by atoms with Crippen LogP contribution in [0.25, 0.3) is 0 Å². The number of rotatable bonds is 6. The summed E-state index contributed by atoms with van der Waals surface area (Å²) in [5.41, 5.74) is 1.50. The first kappa shape index (κ1) is 18.9. The monoisotopic (exact) mass is 370 g/mol. The predicted molar refractivity (Wildman–Crippen MR) is 104 cm³/mol. The molecule has 1 aliphatic rings. The first-order chi connectivity index (χ1) is 13.1. The van der Waals surface area contributed by atoms with Gasteiger partial charge in [-0.25, -0.2) is 9.97 Å². The highest BCUT2D eigenvalue weighted by molar-refractivity contribution is 5.94. The lowest BCUT2D eigenvalue weighted by Crippen LogP contribution is -2.49. The summed E-state index contributed by atoms with van der Waals surface area (Å²) in [6, 6.07) is 5.43. The van der Waals surface area contributed by atoms with Crippen LogP contribution in [0.1, 0.15) is 29.9 Å². The van der Waals surface area contributed by atoms with Gasteiger partial charge in [-0.3, -0.25) is 4.79 Å². The summed E-state index contributed by atoms with van der Waals surface area (Å²) < 4.78 is 5.32. The van der Waals surface area contributed by atoms with Crippen LogP contribution in [0.4, 0.5) is 11.8 Å². The van der Waals surface area contributed by atoms with Crippen LogP contribution in [0, 0.1) is 6.92 Å². The maximum absolute atomic E-state index is 12.7. The smallest absolute Gasteiger partial charge is 0.255 e. The zero-order chi connectivity index (χ0) is 19.2. The van der Waals surface area contributed by atoms with Crippen LogP contribution < -0.4 is 15.0 Å². The summed E-state index contributed by atoms with van der Waals surface area (Å²) in [5, 5.41) is 3.23. The number of pyridine rings is 1. The van der Waals surface area contributed by atoms with E-state index >= 15 is 0 Å². The van der Waals surface area contributed by atoms with E-state index in [9.17, 15) is 4.79 Å². The van der Waals surface area contributed by atoms with Gasteiger partial charge in [-0.2, -0.15) is 4.98 Å². The number of nitrogens with zero attached hydrogens (tertiary/aromatic N) is 5. The van der Waals surface area contributed by atoms with Crippen LogP contribution in [0.3, 0.4) is 0 Å². The Balaban J connectivity index is 1.62. The minimum absolute atomic E-state index is 0.0105. The third kappa shape index (κ3) is 4.64. The van der Waals surface area contributed by atoms with Crippen molar-refractivity contribution in [2.24, 2.45) is 0 Å². The molecule has 0 unspecified atom stereocenters. The van der Waals surface area contributed by atoms with Gasteiger partial charge in [0.15, 0.2) is 0 Å². The Morgan fingerprint density at radius 3 is 2.59 bits per heavy atom. The van der Waals surface area contributed by atoms with Crippen LogP contribution in [0.15, 0.2) is 24.4 Å². The van der Waals surface area contributed by atoms with E-state index in [1.165, 1.54) is 0 Å². The van der Waals surface area contributed by atoms with Crippen molar-refractivity contribution >= 4 is 17.7 Å². The van der Waals surface area contributed by atoms with Crippen LogP contribution in [-0.4, -0.2) is 65.1 Å². The molecular formula is C19H26N6O2. The van der Waals surface area contributed by atoms with E-state index in [-0.39, 0.29) is 5.91 Å². The molecule has 27 heavy (non-hydrogen) atoms. The highest BCUT2D eigenvalue weighted by Gasteiger charge is 2.24. The Morgan fingerprint density at radius 1 is 1.19 bits per heavy atom. The Morgan fingerprint density at radius 2 is 1.96 bits per heavy atom. The van der Waals surface area contributed by atoms with E-state index in [0.29, 0.717) is 50.2 Å². The lowest BCUT2D eigenvalue weighted by Gasteiger charge is -2.35. The molecule has 0 atom stereocenters. The van der Waals surface area contributed by atoms with Crippen molar-refractivity contribution in [3.05, 3.63) is 35.7 Å². The molecule has 1 aliphatic heterocycles. The number of carbonyl (C=O) groups is 1. The zero-order valence-corrected chi connectivity index (χ0v) is 16.1. The molecule has 2 aromatic rings. The largest absolute Gasteiger partial charge is 0.478 e. The molecule has 0 bridgehead atoms. The van der Waals surface area contributed by atoms with E-state index in [0.717, 1.165) is 18.1 Å². The molecule has 144 valence electrons. The molecule has 0 radical (unpaired) electrons. The molecule has 0 aromatic carbocycles. The molecule has 3 rings (SSSR count). The van der Waals surface area contributed by atoms with Crippen molar-refractivity contribution in [2.75, 3.05) is 49.5 Å². The maximum Gasteiger partial charge on any atom is 0.255 e. The SMILES string of the molecule is CCNc1cc(C)nc(N2CCN(C(=O)c3ccc(OCC)nc3)CC2)n1. The van der Waals surface area contributed by atoms with Crippen molar-refractivity contribution in [3.63, 3.8) is 0 Å². The standard InChI is InChI=1S/C19H26N6O2/c1-4-20-16-12-14(3)22-19(23-16)25-10-8-24(9-11-25)18(26)15-6-7-17(21-13-15)27-5-2/h6-7,12-13H,4-5,8-11H2,1-3H3,(H,20,22,23). The third-order valence-electron chi connectivity index (χ3n) is 4.33. The van der Waals surface area contributed by atoms with Gasteiger partial charge in [-0.1, -0.05) is 0 Å². The Labute approximate surface area is 159 Å². The van der Waals surface area contributed by atoms with E-state index < -0.39 is 0 Å². The normalized spacial score (nSPS) is 14.2. The average Bonchev–Trinajstić information content (AvgIpc) is 2.68. The molecule has 1 amide bonds. The van der Waals surface area contributed by atoms with E-state index in [1.807, 2.05) is 31.7 Å². The third-order valence-corrected chi connectivity index (χ3v) is 4.33. The summed E-state index contributed by atoms with van der Waals surface area (Å²) in [6.07, 6.45) is 1.58. The molecule has 0 spiro atoms. The number of ether oxygens (including phenoxy) is 1. The molecule has 1 saturated heterocycles. The quantitative estimate of drug-likeness (QED) is 0.832. The average molecular weight is 370 g/mol. The summed E-state index contributed by atoms with van der Waals surface area (Å²) >= 11 is 0. The van der Waals surface area contributed by atoms with Gasteiger partial charge >= 0.3 is 0 Å². The highest BCUT2D eigenvalue weighted by Crippen LogP contribution is 2.17. The minimum Gasteiger partial charge on any atom is -0.478 e. The molecule has 8 heteroatoms. The second-order valence-corrected chi connectivity index (χ2v) is 6.32. The summed E-state index contributed by atoms with van der Waals surface area (Å²) in [4.78, 5) is 29.9. The second-order valence-electron chi connectivity index (χ2n) is 6.32. The van der Waals surface area contributed by atoms with E-state index in [4.69, 9.17) is 4.74 Å². The molecule has 0 aliphatic carbocycles. The summed E-state index contributed by atoms with van der Waals surface area (Å²) in [6.45, 7) is 9.92. The Bertz CT molecular complexity index is 772. The molecule has 1 fully saturated rings. The Hall–Kier alpha value is -2.90. The fourth-order valence-corrected chi connectivity index (χ4v) is 3.00. The van der Waals surface area contributed by atoms with Gasteiger partial charge < -0.3 is 19.9 Å². The van der Waals surface area contributed by atoms with Gasteiger partial charge in [0.1, 0.15) is 5.82 Å². The predicted octanol–water partition coefficient (Wildman–Crippen LogP) is 1.97. The summed E-state index contributed by atoms with van der Waals surface area (Å²) in [5.74, 6) is 2.07. The maximum atomic E-state index is 12.7. The lowest BCUT2D eigenvalue weighted by atomic mass is 10.2. The zero-order valence-electron chi connectivity index (χ0n) is 16.1. The van der Waals surface area contributed by atoms with Gasteiger partial charge in [0.05, 0.1) is 12.2 Å². The van der Waals surface area contributed by atoms with Gasteiger partial charge in [-0.15, -0.1) is 0 Å². The number of aryl methyl sites for hydroxylation is 1. The number of piperazine rings is 1. The lowest BCUT2D eigenvalue weighted by molar-refractivity contribution is 0.0745. The number of nitrogens with one attached hydrogen (secondary N) is 1. The van der Waals surface area contributed by atoms with Crippen LogP contribution in [-0.2, 0) is 0 Å². The fraction of sp³-hybridized carbons (Fsp3) is 0.474. The number of amides is 1. The van der Waals surface area contributed by atoms with Crippen molar-refractivity contribution in [1.29, 1.82) is 0 Å². The van der Waals surface area contributed by atoms with Crippen molar-refractivity contribution in [1.82, 2.24) is 19.9 Å². The number of hydrogen-bond acceptors (Lipinski definition) is 7. The van der Waals surface area contributed by atoms with Gasteiger partial charge in [-0.05, 0) is 26.8 Å². The number of carbonyl (C=O) groups excluding carboxylic acids is 1. The molecule has 1 N–H and O–H groups in total. The summed E-state index contributed by atoms with van der Waals surface area (Å²) in [7, 11) is 0. The number of hydrogen-bond donors (Lipinski definition) is 1. The van der Waals surface area contributed by atoms with Gasteiger partial charge in [0.2, 0.25) is 11.8 Å². The van der Waals surface area contributed by atoms with Crippen LogP contribution in [0.5, 0.6) is 5.88 Å². The topological polar surface area (TPSA) is 83.5 Å². The molecule has 2 aromatic heterocycles. The highest BCUT2D eigenvalue weighted by atomic mass is 16.5. The van der Waals surface area contributed by atoms with Crippen LogP contribution >= 0.6 is 0 Å². The van der Waals surface area contributed by atoms with Crippen molar-refractivity contribution in [3.8, 4) is 5.88 Å². The second kappa shape index (κ2) is 8.66. The van der Waals surface area contributed by atoms with Crippen molar-refractivity contribution in [2.45, 2.75) is 20.8 Å². The number of anilines is 2. The van der Waals surface area contributed by atoms with E-state index in [1.54, 1.807) is 18.3 Å². The molecule has 8 nitrogen and oxygen atoms in total. The van der Waals surface area contributed by atoms with E-state index in [2.05, 4.69) is 25.2 Å². The van der Waals surface area contributed by atoms with Gasteiger partial charge in [0, 0.05) is 56.7 Å². The van der Waals surface area contributed by atoms with Crippen molar-refractivity contribution < 1.29 is 9.53 Å².